The summed E-state index contributed by atoms with van der Waals surface area (Å²) >= 11 is 0. The monoisotopic (exact) mass is 244 g/mol. The van der Waals surface area contributed by atoms with Crippen LogP contribution in [-0.4, -0.2) is 31.8 Å². The molecule has 0 saturated carbocycles. The number of likely N-dealkylation sites (N-methyl/N-ethyl adjacent to an activating group) is 1. The second-order valence-corrected chi connectivity index (χ2v) is 5.06. The zero-order chi connectivity index (χ0) is 12.7. The van der Waals surface area contributed by atoms with Gasteiger partial charge in [-0.3, -0.25) is 9.59 Å². The van der Waals surface area contributed by atoms with Crippen molar-refractivity contribution in [2.24, 2.45) is 0 Å². The Morgan fingerprint density at radius 1 is 1.33 bits per heavy atom. The van der Waals surface area contributed by atoms with Gasteiger partial charge in [0.05, 0.1) is 12.5 Å². The first kappa shape index (κ1) is 11.3. The molecule has 1 aromatic carbocycles. The molecular formula is C14H16N2O2. The Labute approximate surface area is 106 Å². The van der Waals surface area contributed by atoms with Crippen molar-refractivity contribution >= 4 is 17.4 Å². The molecule has 0 spiro atoms. The van der Waals surface area contributed by atoms with Gasteiger partial charge in [0, 0.05) is 25.7 Å². The van der Waals surface area contributed by atoms with Crippen molar-refractivity contribution in [1.82, 2.24) is 5.32 Å². The molecule has 1 unspecified atom stereocenters. The number of fused-ring (bicyclic) bond motifs is 1. The third-order valence-corrected chi connectivity index (χ3v) is 3.87. The highest BCUT2D eigenvalue weighted by Gasteiger charge is 2.29. The molecule has 1 saturated heterocycles. The number of benzene rings is 1. The van der Waals surface area contributed by atoms with Crippen LogP contribution in [0.25, 0.3) is 0 Å². The summed E-state index contributed by atoms with van der Waals surface area (Å²) in [5.74, 6) is -0.173. The number of nitrogens with one attached hydrogen (secondary N) is 1. The van der Waals surface area contributed by atoms with Gasteiger partial charge in [-0.2, -0.15) is 0 Å². The lowest BCUT2D eigenvalue weighted by Gasteiger charge is -2.22. The first-order valence-electron chi connectivity index (χ1n) is 6.28. The van der Waals surface area contributed by atoms with E-state index in [0.29, 0.717) is 0 Å². The highest BCUT2D eigenvalue weighted by molar-refractivity contribution is 5.98. The summed E-state index contributed by atoms with van der Waals surface area (Å²) in [6, 6.07) is 6.15. The molecule has 4 nitrogen and oxygen atoms in total. The van der Waals surface area contributed by atoms with Gasteiger partial charge in [0.25, 0.3) is 0 Å². The van der Waals surface area contributed by atoms with Gasteiger partial charge in [0.15, 0.2) is 5.78 Å². The molecule has 94 valence electrons. The van der Waals surface area contributed by atoms with Crippen LogP contribution in [-0.2, 0) is 16.0 Å². The number of carbonyl (C=O) groups is 2. The maximum atomic E-state index is 11.9. The summed E-state index contributed by atoms with van der Waals surface area (Å²) in [6.45, 7) is 1.19. The van der Waals surface area contributed by atoms with Crippen molar-refractivity contribution in [2.75, 3.05) is 25.0 Å². The molecule has 3 rings (SSSR count). The highest BCUT2D eigenvalue weighted by Crippen LogP contribution is 2.31. The number of anilines is 1. The first-order valence-corrected chi connectivity index (χ1v) is 6.28. The van der Waals surface area contributed by atoms with E-state index in [4.69, 9.17) is 0 Å². The smallest absolute Gasteiger partial charge is 0.221 e. The molecule has 0 aliphatic carbocycles. The van der Waals surface area contributed by atoms with E-state index in [2.05, 4.69) is 29.4 Å². The van der Waals surface area contributed by atoms with E-state index < -0.39 is 0 Å². The topological polar surface area (TPSA) is 49.4 Å². The van der Waals surface area contributed by atoms with E-state index in [1.807, 2.05) is 6.07 Å². The fraction of sp³-hybridized carbons (Fsp3) is 0.429. The number of piperidine rings is 1. The number of hydrogen-bond donors (Lipinski definition) is 1. The minimum Gasteiger partial charge on any atom is -0.374 e. The first-order chi connectivity index (χ1) is 8.65. The Hall–Kier alpha value is -1.84. The molecule has 0 radical (unpaired) electrons. The van der Waals surface area contributed by atoms with Crippen LogP contribution < -0.4 is 10.2 Å². The zero-order valence-corrected chi connectivity index (χ0v) is 10.4. The van der Waals surface area contributed by atoms with Gasteiger partial charge >= 0.3 is 0 Å². The van der Waals surface area contributed by atoms with Gasteiger partial charge in [0.1, 0.15) is 0 Å². The van der Waals surface area contributed by atoms with Crippen LogP contribution >= 0.6 is 0 Å². The lowest BCUT2D eigenvalue weighted by atomic mass is 9.87. The normalized spacial score (nSPS) is 22.9. The zero-order valence-electron chi connectivity index (χ0n) is 10.4. The van der Waals surface area contributed by atoms with E-state index >= 15 is 0 Å². The van der Waals surface area contributed by atoms with Crippen molar-refractivity contribution in [1.29, 1.82) is 0 Å². The van der Waals surface area contributed by atoms with E-state index in [1.54, 1.807) is 0 Å². The van der Waals surface area contributed by atoms with Gasteiger partial charge < -0.3 is 10.2 Å². The molecule has 1 aromatic rings. The summed E-state index contributed by atoms with van der Waals surface area (Å²) < 4.78 is 0. The Morgan fingerprint density at radius 2 is 2.17 bits per heavy atom. The number of carbonyl (C=O) groups excluding carboxylic acids is 2. The predicted octanol–water partition coefficient (Wildman–Crippen LogP) is 0.851. The fourth-order valence-corrected chi connectivity index (χ4v) is 2.79. The van der Waals surface area contributed by atoms with Gasteiger partial charge in [0.2, 0.25) is 5.91 Å². The third-order valence-electron chi connectivity index (χ3n) is 3.87. The van der Waals surface area contributed by atoms with Crippen LogP contribution in [0.3, 0.4) is 0 Å². The number of ketones is 1. The van der Waals surface area contributed by atoms with E-state index in [1.165, 1.54) is 11.3 Å². The Morgan fingerprint density at radius 3 is 3.00 bits per heavy atom. The molecular weight excluding hydrogens is 228 g/mol. The van der Waals surface area contributed by atoms with Crippen LogP contribution in [0.15, 0.2) is 18.2 Å². The molecule has 1 atom stereocenters. The summed E-state index contributed by atoms with van der Waals surface area (Å²) in [5.41, 5.74) is 3.52. The summed E-state index contributed by atoms with van der Waals surface area (Å²) in [4.78, 5) is 25.5. The molecule has 4 heteroatoms. The lowest BCUT2D eigenvalue weighted by molar-refractivity contribution is -0.131. The Kier molecular flexibility index (Phi) is 2.58. The lowest BCUT2D eigenvalue weighted by Crippen LogP contribution is -2.39. The molecule has 1 amide bonds. The molecule has 2 heterocycles. The number of amides is 1. The second-order valence-electron chi connectivity index (χ2n) is 5.06. The van der Waals surface area contributed by atoms with Crippen molar-refractivity contribution < 1.29 is 9.59 Å². The Bertz CT molecular complexity index is 525. The molecule has 0 aromatic heterocycles. The van der Waals surface area contributed by atoms with Crippen molar-refractivity contribution in [3.63, 3.8) is 0 Å². The van der Waals surface area contributed by atoms with Crippen molar-refractivity contribution in [3.8, 4) is 0 Å². The largest absolute Gasteiger partial charge is 0.374 e. The average Bonchev–Trinajstić information content (AvgIpc) is 2.74. The van der Waals surface area contributed by atoms with Crippen LogP contribution in [0, 0.1) is 0 Å². The van der Waals surface area contributed by atoms with Crippen LogP contribution in [0.5, 0.6) is 0 Å². The summed E-state index contributed by atoms with van der Waals surface area (Å²) in [7, 11) is 2.07. The van der Waals surface area contributed by atoms with E-state index in [9.17, 15) is 9.59 Å². The molecule has 18 heavy (non-hydrogen) atoms. The Balaban J connectivity index is 1.93. The van der Waals surface area contributed by atoms with Crippen LogP contribution in [0.4, 0.5) is 5.69 Å². The standard InChI is InChI=1S/C14H16N2O2/c1-16-5-4-10-6-9(2-3-12(10)16)11-7-14(18)15-8-13(11)17/h2-3,6,11H,4-5,7-8H2,1H3,(H,15,18). The van der Waals surface area contributed by atoms with Gasteiger partial charge in [-0.1, -0.05) is 12.1 Å². The average molecular weight is 244 g/mol. The van der Waals surface area contributed by atoms with E-state index in [0.717, 1.165) is 18.5 Å². The maximum Gasteiger partial charge on any atom is 0.221 e. The predicted molar refractivity (Wildman–Crippen MR) is 68.8 cm³/mol. The number of nitrogens with zero attached hydrogens (tertiary/aromatic N) is 1. The summed E-state index contributed by atoms with van der Waals surface area (Å²) in [6.07, 6.45) is 1.31. The molecule has 0 bridgehead atoms. The second kappa shape index (κ2) is 4.12. The highest BCUT2D eigenvalue weighted by atomic mass is 16.2. The fourth-order valence-electron chi connectivity index (χ4n) is 2.79. The van der Waals surface area contributed by atoms with E-state index in [-0.39, 0.29) is 30.6 Å². The number of rotatable bonds is 1. The summed E-state index contributed by atoms with van der Waals surface area (Å²) in [5, 5.41) is 2.59. The number of Topliss-reactive ketones (excluding diaryl/α,β-unsaturated/α-hetero) is 1. The van der Waals surface area contributed by atoms with Crippen molar-refractivity contribution in [3.05, 3.63) is 29.3 Å². The minimum absolute atomic E-state index is 0.0304. The van der Waals surface area contributed by atoms with Gasteiger partial charge in [-0.05, 0) is 23.6 Å². The van der Waals surface area contributed by atoms with Gasteiger partial charge in [-0.25, -0.2) is 0 Å². The molecule has 2 aliphatic rings. The SMILES string of the molecule is CN1CCc2cc(C3CC(=O)NCC3=O)ccc21. The van der Waals surface area contributed by atoms with Crippen LogP contribution in [0.2, 0.25) is 0 Å². The van der Waals surface area contributed by atoms with Crippen molar-refractivity contribution in [2.45, 2.75) is 18.8 Å². The number of hydrogen-bond acceptors (Lipinski definition) is 3. The quantitative estimate of drug-likeness (QED) is 0.797. The maximum absolute atomic E-state index is 11.9. The molecule has 1 fully saturated rings. The third kappa shape index (κ3) is 1.78. The minimum atomic E-state index is -0.255. The molecule has 2 aliphatic heterocycles. The van der Waals surface area contributed by atoms with Gasteiger partial charge in [-0.15, -0.1) is 0 Å². The van der Waals surface area contributed by atoms with Crippen LogP contribution in [0.1, 0.15) is 23.5 Å². The molecule has 1 N–H and O–H groups in total.